The van der Waals surface area contributed by atoms with E-state index in [0.717, 1.165) is 22.3 Å². The van der Waals surface area contributed by atoms with Crippen LogP contribution >= 0.6 is 11.3 Å². The summed E-state index contributed by atoms with van der Waals surface area (Å²) >= 11 is 1.63. The number of hydrogen-bond acceptors (Lipinski definition) is 4. The van der Waals surface area contributed by atoms with Gasteiger partial charge in [-0.3, -0.25) is 0 Å². The molecule has 112 valence electrons. The van der Waals surface area contributed by atoms with E-state index in [4.69, 9.17) is 17.2 Å². The Kier molecular flexibility index (Phi) is 3.88. The highest BCUT2D eigenvalue weighted by Crippen LogP contribution is 2.37. The van der Waals surface area contributed by atoms with Gasteiger partial charge in [0.15, 0.2) is 0 Å². The average Bonchev–Trinajstić information content (AvgIpc) is 2.99. The summed E-state index contributed by atoms with van der Waals surface area (Å²) in [6, 6.07) is 13.6. The first-order valence-electron chi connectivity index (χ1n) is 7.10. The lowest BCUT2D eigenvalue weighted by molar-refractivity contribution is 0.869. The van der Waals surface area contributed by atoms with Crippen LogP contribution in [0.5, 0.6) is 0 Å². The Morgan fingerprint density at radius 1 is 0.909 bits per heavy atom. The number of rotatable bonds is 3. The van der Waals surface area contributed by atoms with Crippen LogP contribution in [0.25, 0.3) is 11.1 Å². The molecule has 1 atom stereocenters. The number of nitrogen functional groups attached to an aromatic ring is 2. The van der Waals surface area contributed by atoms with E-state index < -0.39 is 0 Å². The van der Waals surface area contributed by atoms with E-state index in [0.29, 0.717) is 11.4 Å². The summed E-state index contributed by atoms with van der Waals surface area (Å²) in [4.78, 5) is 0. The lowest BCUT2D eigenvalue weighted by atomic mass is 9.92. The lowest BCUT2D eigenvalue weighted by Crippen LogP contribution is -2.13. The third-order valence-electron chi connectivity index (χ3n) is 3.92. The zero-order valence-corrected chi connectivity index (χ0v) is 13.2. The van der Waals surface area contributed by atoms with E-state index in [9.17, 15) is 0 Å². The number of nitrogens with two attached hydrogens (primary N) is 3. The van der Waals surface area contributed by atoms with Gasteiger partial charge in [-0.05, 0) is 58.1 Å². The van der Waals surface area contributed by atoms with Gasteiger partial charge in [-0.1, -0.05) is 24.3 Å². The quantitative estimate of drug-likeness (QED) is 0.641. The summed E-state index contributed by atoms with van der Waals surface area (Å²) in [6.45, 7) is 2.08. The van der Waals surface area contributed by atoms with Crippen molar-refractivity contribution in [2.45, 2.75) is 13.0 Å². The molecular formula is C18H19N3S. The van der Waals surface area contributed by atoms with Crippen molar-refractivity contribution in [3.63, 3.8) is 0 Å². The average molecular weight is 309 g/mol. The van der Waals surface area contributed by atoms with Gasteiger partial charge in [0.2, 0.25) is 0 Å². The molecule has 3 rings (SSSR count). The van der Waals surface area contributed by atoms with Crippen LogP contribution in [0.3, 0.4) is 0 Å². The maximum Gasteiger partial charge on any atom is 0.0568 e. The molecule has 0 spiro atoms. The number of thiophene rings is 1. The normalized spacial score (nSPS) is 12.3. The predicted octanol–water partition coefficient (Wildman–Crippen LogP) is 3.94. The standard InChI is InChI=1S/C18H19N3S/c1-11-4-2-3-5-13(11)18(21)16-10-22-9-15(16)14-8-12(19)6-7-17(14)20/h2-10,18H,19-21H2,1H3. The number of anilines is 2. The third-order valence-corrected chi connectivity index (χ3v) is 4.68. The zero-order valence-electron chi connectivity index (χ0n) is 12.4. The van der Waals surface area contributed by atoms with Crippen LogP contribution in [0.15, 0.2) is 53.2 Å². The minimum atomic E-state index is -0.178. The van der Waals surface area contributed by atoms with Crippen molar-refractivity contribution < 1.29 is 0 Å². The Bertz CT molecular complexity index is 808. The molecule has 2 aromatic carbocycles. The van der Waals surface area contributed by atoms with Crippen LogP contribution in [0.2, 0.25) is 0 Å². The van der Waals surface area contributed by atoms with Crippen LogP contribution in [0.4, 0.5) is 11.4 Å². The number of hydrogen-bond donors (Lipinski definition) is 3. The van der Waals surface area contributed by atoms with Crippen molar-refractivity contribution in [1.29, 1.82) is 0 Å². The highest BCUT2D eigenvalue weighted by Gasteiger charge is 2.18. The summed E-state index contributed by atoms with van der Waals surface area (Å²) in [6.07, 6.45) is 0. The van der Waals surface area contributed by atoms with Crippen molar-refractivity contribution in [2.75, 3.05) is 11.5 Å². The van der Waals surface area contributed by atoms with Crippen molar-refractivity contribution in [2.24, 2.45) is 5.73 Å². The number of aryl methyl sites for hydroxylation is 1. The molecule has 1 heterocycles. The summed E-state index contributed by atoms with van der Waals surface area (Å²) < 4.78 is 0. The summed E-state index contributed by atoms with van der Waals surface area (Å²) in [5.41, 5.74) is 25.4. The fraction of sp³-hybridized carbons (Fsp3) is 0.111. The Balaban J connectivity index is 2.10. The largest absolute Gasteiger partial charge is 0.399 e. The van der Waals surface area contributed by atoms with E-state index in [-0.39, 0.29) is 6.04 Å². The van der Waals surface area contributed by atoms with Crippen molar-refractivity contribution in [1.82, 2.24) is 0 Å². The molecule has 0 fully saturated rings. The Morgan fingerprint density at radius 3 is 2.45 bits per heavy atom. The monoisotopic (exact) mass is 309 g/mol. The van der Waals surface area contributed by atoms with Gasteiger partial charge in [-0.25, -0.2) is 0 Å². The molecule has 1 unspecified atom stereocenters. The zero-order chi connectivity index (χ0) is 15.7. The van der Waals surface area contributed by atoms with Gasteiger partial charge in [0.25, 0.3) is 0 Å². The fourth-order valence-corrected chi connectivity index (χ4v) is 3.56. The minimum absolute atomic E-state index is 0.178. The molecule has 1 aromatic heterocycles. The molecule has 4 heteroatoms. The maximum atomic E-state index is 6.52. The van der Waals surface area contributed by atoms with Crippen LogP contribution in [-0.4, -0.2) is 0 Å². The second-order valence-electron chi connectivity index (χ2n) is 5.42. The molecular weight excluding hydrogens is 290 g/mol. The van der Waals surface area contributed by atoms with Crippen LogP contribution in [0, 0.1) is 6.92 Å². The molecule has 0 radical (unpaired) electrons. The molecule has 3 aromatic rings. The van der Waals surface area contributed by atoms with E-state index in [1.165, 1.54) is 5.56 Å². The Morgan fingerprint density at radius 2 is 1.68 bits per heavy atom. The molecule has 0 bridgehead atoms. The van der Waals surface area contributed by atoms with Gasteiger partial charge >= 0.3 is 0 Å². The van der Waals surface area contributed by atoms with Gasteiger partial charge in [0.05, 0.1) is 6.04 Å². The second kappa shape index (κ2) is 5.83. The van der Waals surface area contributed by atoms with Gasteiger partial charge in [0.1, 0.15) is 0 Å². The lowest BCUT2D eigenvalue weighted by Gasteiger charge is -2.17. The molecule has 0 saturated heterocycles. The first kappa shape index (κ1) is 14.6. The molecule has 22 heavy (non-hydrogen) atoms. The molecule has 0 aliphatic heterocycles. The summed E-state index contributed by atoms with van der Waals surface area (Å²) in [5.74, 6) is 0. The highest BCUT2D eigenvalue weighted by atomic mass is 32.1. The van der Waals surface area contributed by atoms with E-state index in [1.54, 1.807) is 11.3 Å². The summed E-state index contributed by atoms with van der Waals surface area (Å²) in [5, 5.41) is 4.17. The molecule has 0 aliphatic carbocycles. The second-order valence-corrected chi connectivity index (χ2v) is 6.17. The first-order valence-corrected chi connectivity index (χ1v) is 8.04. The van der Waals surface area contributed by atoms with Crippen molar-refractivity contribution in [3.8, 4) is 11.1 Å². The Hall–Kier alpha value is -2.30. The van der Waals surface area contributed by atoms with Crippen molar-refractivity contribution in [3.05, 3.63) is 69.9 Å². The first-order chi connectivity index (χ1) is 10.6. The topological polar surface area (TPSA) is 78.1 Å². The van der Waals surface area contributed by atoms with E-state index in [1.807, 2.05) is 30.3 Å². The minimum Gasteiger partial charge on any atom is -0.399 e. The van der Waals surface area contributed by atoms with E-state index >= 15 is 0 Å². The van der Waals surface area contributed by atoms with Crippen LogP contribution < -0.4 is 17.2 Å². The Labute approximate surface area is 134 Å². The third kappa shape index (κ3) is 2.58. The molecule has 3 nitrogen and oxygen atoms in total. The van der Waals surface area contributed by atoms with Crippen molar-refractivity contribution >= 4 is 22.7 Å². The van der Waals surface area contributed by atoms with Crippen LogP contribution in [-0.2, 0) is 0 Å². The number of benzene rings is 2. The van der Waals surface area contributed by atoms with Gasteiger partial charge in [-0.15, -0.1) is 0 Å². The molecule has 0 amide bonds. The van der Waals surface area contributed by atoms with Gasteiger partial charge in [-0.2, -0.15) is 11.3 Å². The smallest absolute Gasteiger partial charge is 0.0568 e. The molecule has 0 saturated carbocycles. The van der Waals surface area contributed by atoms with E-state index in [2.05, 4.69) is 29.8 Å². The van der Waals surface area contributed by atoms with Gasteiger partial charge in [0, 0.05) is 16.9 Å². The highest BCUT2D eigenvalue weighted by molar-refractivity contribution is 7.08. The molecule has 6 N–H and O–H groups in total. The van der Waals surface area contributed by atoms with Gasteiger partial charge < -0.3 is 17.2 Å². The SMILES string of the molecule is Cc1ccccc1C(N)c1cscc1-c1cc(N)ccc1N. The summed E-state index contributed by atoms with van der Waals surface area (Å²) in [7, 11) is 0. The maximum absolute atomic E-state index is 6.52. The fourth-order valence-electron chi connectivity index (χ4n) is 2.68. The molecule has 0 aliphatic rings. The predicted molar refractivity (Wildman–Crippen MR) is 95.8 cm³/mol. The van der Waals surface area contributed by atoms with Crippen LogP contribution in [0.1, 0.15) is 22.7 Å².